The van der Waals surface area contributed by atoms with E-state index in [-0.39, 0.29) is 0 Å². The van der Waals surface area contributed by atoms with Crippen molar-refractivity contribution in [2.24, 2.45) is 0 Å². The molecule has 1 N–H and O–H groups in total. The molecule has 17 heavy (non-hydrogen) atoms. The van der Waals surface area contributed by atoms with Crippen LogP contribution in [0.2, 0.25) is 0 Å². The zero-order valence-electron chi connectivity index (χ0n) is 10.0. The Morgan fingerprint density at radius 2 is 2.00 bits per heavy atom. The summed E-state index contributed by atoms with van der Waals surface area (Å²) in [5.41, 5.74) is 2.43. The van der Waals surface area contributed by atoms with E-state index in [1.54, 1.807) is 11.8 Å². The molecule has 3 rings (SSSR count). The molecule has 1 saturated heterocycles. The van der Waals surface area contributed by atoms with Gasteiger partial charge in [0.25, 0.3) is 0 Å². The maximum Gasteiger partial charge on any atom is 0.104 e. The molecule has 0 bridgehead atoms. The van der Waals surface area contributed by atoms with Gasteiger partial charge >= 0.3 is 0 Å². The molecule has 0 radical (unpaired) electrons. The van der Waals surface area contributed by atoms with Crippen LogP contribution in [0.4, 0.5) is 5.69 Å². The highest BCUT2D eigenvalue weighted by Crippen LogP contribution is 2.27. The van der Waals surface area contributed by atoms with Crippen LogP contribution in [0.15, 0.2) is 30.5 Å². The van der Waals surface area contributed by atoms with Crippen LogP contribution in [0.3, 0.4) is 0 Å². The maximum absolute atomic E-state index is 5.30. The van der Waals surface area contributed by atoms with Gasteiger partial charge in [-0.1, -0.05) is 6.07 Å². The van der Waals surface area contributed by atoms with Gasteiger partial charge in [0, 0.05) is 43.4 Å². The first-order chi connectivity index (χ1) is 8.40. The molecule has 2 heterocycles. The van der Waals surface area contributed by atoms with E-state index in [4.69, 9.17) is 4.84 Å². The Bertz CT molecular complexity index is 514. The van der Waals surface area contributed by atoms with Crippen molar-refractivity contribution < 1.29 is 4.84 Å². The van der Waals surface area contributed by atoms with Gasteiger partial charge < -0.3 is 15.1 Å². The zero-order valence-corrected chi connectivity index (χ0v) is 10.0. The first-order valence-corrected chi connectivity index (χ1v) is 6.00. The number of hydrogen-bond donors (Lipinski definition) is 1. The van der Waals surface area contributed by atoms with Gasteiger partial charge in [-0.05, 0) is 18.2 Å². The minimum atomic E-state index is 1.06. The number of rotatable bonds is 2. The number of fused-ring (bicyclic) bond motifs is 1. The Morgan fingerprint density at radius 3 is 2.76 bits per heavy atom. The van der Waals surface area contributed by atoms with Gasteiger partial charge in [-0.15, -0.1) is 0 Å². The zero-order chi connectivity index (χ0) is 11.7. The van der Waals surface area contributed by atoms with Crippen molar-refractivity contribution in [1.29, 1.82) is 0 Å². The fraction of sp³-hybridized carbons (Fsp3) is 0.385. The van der Waals surface area contributed by atoms with Crippen molar-refractivity contribution in [3.8, 4) is 0 Å². The number of aromatic nitrogens is 1. The second-order valence-corrected chi connectivity index (χ2v) is 4.27. The van der Waals surface area contributed by atoms with Gasteiger partial charge in [0.1, 0.15) is 7.11 Å². The van der Waals surface area contributed by atoms with E-state index >= 15 is 0 Å². The van der Waals surface area contributed by atoms with Gasteiger partial charge in [0.15, 0.2) is 0 Å². The Hall–Kier alpha value is -1.68. The third-order valence-electron chi connectivity index (χ3n) is 3.33. The average molecular weight is 231 g/mol. The second-order valence-electron chi connectivity index (χ2n) is 4.27. The van der Waals surface area contributed by atoms with Crippen LogP contribution in [0, 0.1) is 0 Å². The minimum absolute atomic E-state index is 1.06. The standard InChI is InChI=1S/C13H17N3O/c1-17-16-8-5-11-12(3-2-4-13(11)16)15-9-6-14-7-10-15/h2-5,8,14H,6-7,9-10H2,1H3. The summed E-state index contributed by atoms with van der Waals surface area (Å²) >= 11 is 0. The normalized spacial score (nSPS) is 16.4. The summed E-state index contributed by atoms with van der Waals surface area (Å²) in [7, 11) is 1.69. The van der Waals surface area contributed by atoms with Crippen molar-refractivity contribution in [1.82, 2.24) is 10.0 Å². The monoisotopic (exact) mass is 231 g/mol. The molecule has 4 heteroatoms. The second kappa shape index (κ2) is 4.30. The van der Waals surface area contributed by atoms with E-state index in [9.17, 15) is 0 Å². The number of anilines is 1. The number of piperazine rings is 1. The van der Waals surface area contributed by atoms with Gasteiger partial charge in [-0.2, -0.15) is 4.73 Å². The van der Waals surface area contributed by atoms with Crippen molar-refractivity contribution in [3.05, 3.63) is 30.5 Å². The molecule has 1 fully saturated rings. The molecule has 0 aliphatic carbocycles. The fourth-order valence-corrected chi connectivity index (χ4v) is 2.47. The minimum Gasteiger partial charge on any atom is -0.417 e. The van der Waals surface area contributed by atoms with Gasteiger partial charge in [0.05, 0.1) is 5.52 Å². The molecule has 0 spiro atoms. The van der Waals surface area contributed by atoms with Crippen LogP contribution in [0.25, 0.3) is 10.9 Å². The van der Waals surface area contributed by atoms with Crippen LogP contribution in [0.5, 0.6) is 0 Å². The SMILES string of the molecule is COn1ccc2c(N3CCNCC3)cccc21. The Kier molecular flexibility index (Phi) is 2.65. The third-order valence-corrected chi connectivity index (χ3v) is 3.33. The highest BCUT2D eigenvalue weighted by Gasteiger charge is 2.14. The van der Waals surface area contributed by atoms with Crippen molar-refractivity contribution in [3.63, 3.8) is 0 Å². The van der Waals surface area contributed by atoms with E-state index in [0.717, 1.165) is 31.7 Å². The summed E-state index contributed by atoms with van der Waals surface area (Å²) in [4.78, 5) is 7.72. The molecule has 4 nitrogen and oxygen atoms in total. The van der Waals surface area contributed by atoms with E-state index < -0.39 is 0 Å². The van der Waals surface area contributed by atoms with Crippen molar-refractivity contribution in [2.45, 2.75) is 0 Å². The first-order valence-electron chi connectivity index (χ1n) is 6.00. The van der Waals surface area contributed by atoms with Gasteiger partial charge in [0.2, 0.25) is 0 Å². The summed E-state index contributed by atoms with van der Waals surface area (Å²) in [6.07, 6.45) is 1.97. The predicted molar refractivity (Wildman–Crippen MR) is 69.5 cm³/mol. The molecule has 1 aromatic carbocycles. The summed E-state index contributed by atoms with van der Waals surface area (Å²) in [5.74, 6) is 0. The predicted octanol–water partition coefficient (Wildman–Crippen LogP) is 1.11. The molecule has 1 aliphatic rings. The number of nitrogens with one attached hydrogen (secondary N) is 1. The lowest BCUT2D eigenvalue weighted by atomic mass is 10.2. The fourth-order valence-electron chi connectivity index (χ4n) is 2.47. The van der Waals surface area contributed by atoms with Crippen LogP contribution >= 0.6 is 0 Å². The van der Waals surface area contributed by atoms with Crippen LogP contribution in [-0.4, -0.2) is 38.0 Å². The Morgan fingerprint density at radius 1 is 1.18 bits per heavy atom. The summed E-state index contributed by atoms with van der Waals surface area (Å²) in [5, 5.41) is 4.64. The molecule has 0 unspecified atom stereocenters. The van der Waals surface area contributed by atoms with Crippen LogP contribution in [0.1, 0.15) is 0 Å². The molecule has 2 aromatic rings. The topological polar surface area (TPSA) is 29.4 Å². The number of hydrogen-bond acceptors (Lipinski definition) is 3. The van der Waals surface area contributed by atoms with Crippen LogP contribution < -0.4 is 15.1 Å². The van der Waals surface area contributed by atoms with Crippen molar-refractivity contribution in [2.75, 3.05) is 38.2 Å². The molecule has 0 amide bonds. The van der Waals surface area contributed by atoms with Gasteiger partial charge in [-0.3, -0.25) is 0 Å². The highest BCUT2D eigenvalue weighted by atomic mass is 16.6. The summed E-state index contributed by atoms with van der Waals surface area (Å²) in [6, 6.07) is 8.49. The number of nitrogens with zero attached hydrogens (tertiary/aromatic N) is 2. The Balaban J connectivity index is 2.06. The maximum atomic E-state index is 5.30. The van der Waals surface area contributed by atoms with Crippen molar-refractivity contribution >= 4 is 16.6 Å². The summed E-state index contributed by atoms with van der Waals surface area (Å²) in [6.45, 7) is 4.25. The van der Waals surface area contributed by atoms with Gasteiger partial charge in [-0.25, -0.2) is 0 Å². The molecule has 0 atom stereocenters. The molecule has 90 valence electrons. The molecular weight excluding hydrogens is 214 g/mol. The first kappa shape index (κ1) is 10.5. The average Bonchev–Trinajstić information content (AvgIpc) is 2.82. The quantitative estimate of drug-likeness (QED) is 0.839. The highest BCUT2D eigenvalue weighted by molar-refractivity contribution is 5.92. The Labute approximate surface area is 101 Å². The third kappa shape index (κ3) is 1.74. The molecule has 1 aromatic heterocycles. The lowest BCUT2D eigenvalue weighted by molar-refractivity contribution is 0.179. The van der Waals surface area contributed by atoms with E-state index in [0.29, 0.717) is 0 Å². The number of benzene rings is 1. The van der Waals surface area contributed by atoms with Crippen LogP contribution in [-0.2, 0) is 0 Å². The smallest absolute Gasteiger partial charge is 0.104 e. The van der Waals surface area contributed by atoms with E-state index in [2.05, 4.69) is 34.5 Å². The van der Waals surface area contributed by atoms with E-state index in [1.165, 1.54) is 11.1 Å². The lowest BCUT2D eigenvalue weighted by Gasteiger charge is -2.30. The largest absolute Gasteiger partial charge is 0.417 e. The summed E-state index contributed by atoms with van der Waals surface area (Å²) < 4.78 is 1.81. The molecular formula is C13H17N3O. The molecule has 0 saturated carbocycles. The van der Waals surface area contributed by atoms with E-state index in [1.807, 2.05) is 6.20 Å². The lowest BCUT2D eigenvalue weighted by Crippen LogP contribution is -2.43. The molecule has 1 aliphatic heterocycles.